The molecule has 1 atom stereocenters. The Morgan fingerprint density at radius 1 is 1.30 bits per heavy atom. The Hall–Kier alpha value is -2.96. The van der Waals surface area contributed by atoms with Gasteiger partial charge < -0.3 is 9.88 Å². The lowest BCUT2D eigenvalue weighted by molar-refractivity contribution is -0.124. The number of rotatable bonds is 6. The summed E-state index contributed by atoms with van der Waals surface area (Å²) in [5, 5.41) is 16.9. The molecule has 0 aliphatic carbocycles. The van der Waals surface area contributed by atoms with E-state index in [1.165, 1.54) is 0 Å². The van der Waals surface area contributed by atoms with Crippen LogP contribution in [-0.4, -0.2) is 31.1 Å². The third-order valence-corrected chi connectivity index (χ3v) is 3.67. The maximum Gasteiger partial charge on any atom is 0.243 e. The molecule has 2 heterocycles. The summed E-state index contributed by atoms with van der Waals surface area (Å²) in [6.45, 7) is 2.46. The SMILES string of the molecule is CC[C@H](C(=O)NCc1cccc(-c2nn[nH]n2)c1)n1cccc1. The minimum atomic E-state index is -0.189. The predicted molar refractivity (Wildman–Crippen MR) is 85.2 cm³/mol. The summed E-state index contributed by atoms with van der Waals surface area (Å²) in [7, 11) is 0. The summed E-state index contributed by atoms with van der Waals surface area (Å²) in [5.74, 6) is 0.547. The number of nitrogens with zero attached hydrogens (tertiary/aromatic N) is 4. The maximum atomic E-state index is 12.4. The average Bonchev–Trinajstić information content (AvgIpc) is 3.27. The molecule has 0 radical (unpaired) electrons. The molecule has 0 spiro atoms. The van der Waals surface area contributed by atoms with Crippen molar-refractivity contribution in [1.29, 1.82) is 0 Å². The fourth-order valence-electron chi connectivity index (χ4n) is 2.50. The van der Waals surface area contributed by atoms with Crippen molar-refractivity contribution >= 4 is 5.91 Å². The Balaban J connectivity index is 1.66. The van der Waals surface area contributed by atoms with E-state index in [2.05, 4.69) is 25.9 Å². The molecule has 0 aliphatic rings. The zero-order chi connectivity index (χ0) is 16.1. The summed E-state index contributed by atoms with van der Waals surface area (Å²) in [6.07, 6.45) is 4.55. The van der Waals surface area contributed by atoms with E-state index in [1.54, 1.807) is 0 Å². The van der Waals surface area contributed by atoms with Gasteiger partial charge in [-0.3, -0.25) is 4.79 Å². The van der Waals surface area contributed by atoms with Gasteiger partial charge in [0, 0.05) is 24.5 Å². The predicted octanol–water partition coefficient (Wildman–Crippen LogP) is 1.94. The van der Waals surface area contributed by atoms with E-state index in [1.807, 2.05) is 60.3 Å². The minimum absolute atomic E-state index is 0.00802. The molecule has 1 amide bonds. The summed E-state index contributed by atoms with van der Waals surface area (Å²) in [4.78, 5) is 12.4. The van der Waals surface area contributed by atoms with Gasteiger partial charge in [-0.2, -0.15) is 5.21 Å². The molecular weight excluding hydrogens is 292 g/mol. The van der Waals surface area contributed by atoms with E-state index in [0.717, 1.165) is 17.5 Å². The maximum absolute atomic E-state index is 12.4. The number of nitrogens with one attached hydrogen (secondary N) is 2. The van der Waals surface area contributed by atoms with Gasteiger partial charge in [0.25, 0.3) is 0 Å². The Labute approximate surface area is 133 Å². The first kappa shape index (κ1) is 15.0. The zero-order valence-corrected chi connectivity index (χ0v) is 12.8. The van der Waals surface area contributed by atoms with Crippen LogP contribution in [0.5, 0.6) is 0 Å². The summed E-state index contributed by atoms with van der Waals surface area (Å²) in [5.41, 5.74) is 1.85. The first-order valence-corrected chi connectivity index (χ1v) is 7.51. The first-order chi connectivity index (χ1) is 11.3. The van der Waals surface area contributed by atoms with Crippen LogP contribution in [0.15, 0.2) is 48.8 Å². The second-order valence-electron chi connectivity index (χ2n) is 5.21. The fourth-order valence-corrected chi connectivity index (χ4v) is 2.50. The average molecular weight is 310 g/mol. The van der Waals surface area contributed by atoms with Crippen LogP contribution in [0.1, 0.15) is 24.9 Å². The van der Waals surface area contributed by atoms with Crippen LogP contribution in [0.4, 0.5) is 0 Å². The second-order valence-corrected chi connectivity index (χ2v) is 5.21. The number of aromatic nitrogens is 5. The number of carbonyl (C=O) groups is 1. The Bertz CT molecular complexity index is 751. The monoisotopic (exact) mass is 310 g/mol. The summed E-state index contributed by atoms with van der Waals surface area (Å²) >= 11 is 0. The van der Waals surface area contributed by atoms with Crippen molar-refractivity contribution in [3.05, 3.63) is 54.4 Å². The highest BCUT2D eigenvalue weighted by molar-refractivity contribution is 5.80. The first-order valence-electron chi connectivity index (χ1n) is 7.51. The van der Waals surface area contributed by atoms with Crippen LogP contribution in [0.2, 0.25) is 0 Å². The number of H-pyrrole nitrogens is 1. The molecule has 3 aromatic rings. The molecule has 0 aliphatic heterocycles. The Morgan fingerprint density at radius 3 is 2.83 bits per heavy atom. The van der Waals surface area contributed by atoms with Crippen LogP contribution in [0, 0.1) is 0 Å². The molecule has 0 saturated carbocycles. The van der Waals surface area contributed by atoms with Crippen LogP contribution >= 0.6 is 0 Å². The van der Waals surface area contributed by atoms with Crippen molar-refractivity contribution in [1.82, 2.24) is 30.5 Å². The normalized spacial score (nSPS) is 12.0. The van der Waals surface area contributed by atoms with E-state index >= 15 is 0 Å². The van der Waals surface area contributed by atoms with Gasteiger partial charge >= 0.3 is 0 Å². The van der Waals surface area contributed by atoms with Gasteiger partial charge in [0.05, 0.1) is 0 Å². The van der Waals surface area contributed by atoms with Gasteiger partial charge in [-0.1, -0.05) is 25.1 Å². The number of hydrogen-bond acceptors (Lipinski definition) is 4. The molecule has 2 aromatic heterocycles. The van der Waals surface area contributed by atoms with Gasteiger partial charge in [0.15, 0.2) is 0 Å². The van der Waals surface area contributed by atoms with E-state index in [9.17, 15) is 4.79 Å². The van der Waals surface area contributed by atoms with Crippen LogP contribution in [-0.2, 0) is 11.3 Å². The standard InChI is InChI=1S/C16H18N6O/c1-2-14(22-8-3-4-9-22)16(23)17-11-12-6-5-7-13(10-12)15-18-20-21-19-15/h3-10,14H,2,11H2,1H3,(H,17,23)(H,18,19,20,21)/t14-/m1/s1. The summed E-state index contributed by atoms with van der Waals surface area (Å²) in [6, 6.07) is 11.4. The molecule has 0 bridgehead atoms. The van der Waals surface area contributed by atoms with E-state index in [-0.39, 0.29) is 11.9 Å². The molecule has 0 saturated heterocycles. The quantitative estimate of drug-likeness (QED) is 0.728. The van der Waals surface area contributed by atoms with Crippen molar-refractivity contribution in [2.75, 3.05) is 0 Å². The van der Waals surface area contributed by atoms with Gasteiger partial charge in [0.1, 0.15) is 6.04 Å². The van der Waals surface area contributed by atoms with Crippen molar-refractivity contribution in [3.63, 3.8) is 0 Å². The lowest BCUT2D eigenvalue weighted by Gasteiger charge is -2.17. The highest BCUT2D eigenvalue weighted by Crippen LogP contribution is 2.16. The lowest BCUT2D eigenvalue weighted by Crippen LogP contribution is -2.31. The van der Waals surface area contributed by atoms with Crippen molar-refractivity contribution in [2.45, 2.75) is 25.9 Å². The number of aromatic amines is 1. The van der Waals surface area contributed by atoms with Crippen LogP contribution in [0.25, 0.3) is 11.4 Å². The molecule has 1 aromatic carbocycles. The van der Waals surface area contributed by atoms with Crippen molar-refractivity contribution in [2.24, 2.45) is 0 Å². The molecular formula is C16H18N6O. The number of hydrogen-bond donors (Lipinski definition) is 2. The van der Waals surface area contributed by atoms with Gasteiger partial charge in [-0.15, -0.1) is 10.2 Å². The molecule has 0 unspecified atom stereocenters. The number of benzene rings is 1. The highest BCUT2D eigenvalue weighted by Gasteiger charge is 2.16. The topological polar surface area (TPSA) is 88.5 Å². The van der Waals surface area contributed by atoms with E-state index in [4.69, 9.17) is 0 Å². The molecule has 2 N–H and O–H groups in total. The largest absolute Gasteiger partial charge is 0.350 e. The minimum Gasteiger partial charge on any atom is -0.350 e. The van der Waals surface area contributed by atoms with E-state index < -0.39 is 0 Å². The van der Waals surface area contributed by atoms with Crippen molar-refractivity contribution in [3.8, 4) is 11.4 Å². The zero-order valence-electron chi connectivity index (χ0n) is 12.8. The molecule has 118 valence electrons. The highest BCUT2D eigenvalue weighted by atomic mass is 16.2. The molecule has 7 nitrogen and oxygen atoms in total. The van der Waals surface area contributed by atoms with Gasteiger partial charge in [-0.05, 0) is 35.4 Å². The van der Waals surface area contributed by atoms with E-state index in [0.29, 0.717) is 12.4 Å². The number of carbonyl (C=O) groups excluding carboxylic acids is 1. The Kier molecular flexibility index (Phi) is 4.46. The van der Waals surface area contributed by atoms with Gasteiger partial charge in [0.2, 0.25) is 11.7 Å². The van der Waals surface area contributed by atoms with Crippen LogP contribution < -0.4 is 5.32 Å². The number of tetrazole rings is 1. The van der Waals surface area contributed by atoms with Crippen molar-refractivity contribution < 1.29 is 4.79 Å². The fraction of sp³-hybridized carbons (Fsp3) is 0.250. The molecule has 7 heteroatoms. The molecule has 3 rings (SSSR count). The Morgan fingerprint density at radius 2 is 2.13 bits per heavy atom. The van der Waals surface area contributed by atoms with Gasteiger partial charge in [-0.25, -0.2) is 0 Å². The summed E-state index contributed by atoms with van der Waals surface area (Å²) < 4.78 is 1.92. The second kappa shape index (κ2) is 6.87. The third-order valence-electron chi connectivity index (χ3n) is 3.67. The number of amides is 1. The third kappa shape index (κ3) is 3.45. The lowest BCUT2D eigenvalue weighted by atomic mass is 10.1. The molecule has 23 heavy (non-hydrogen) atoms. The smallest absolute Gasteiger partial charge is 0.243 e. The molecule has 0 fully saturated rings. The van der Waals surface area contributed by atoms with Crippen LogP contribution in [0.3, 0.4) is 0 Å².